The maximum atomic E-state index is 13.6. The van der Waals surface area contributed by atoms with E-state index in [0.717, 1.165) is 12.5 Å². The molecule has 0 spiro atoms. The topological polar surface area (TPSA) is 66.4 Å². The Morgan fingerprint density at radius 2 is 2.10 bits per heavy atom. The summed E-state index contributed by atoms with van der Waals surface area (Å²) in [5.74, 6) is -1.17. The van der Waals surface area contributed by atoms with Gasteiger partial charge in [0.1, 0.15) is 5.82 Å². The number of hydrogen-bond acceptors (Lipinski definition) is 2. The number of carboxylic acids is 1. The molecule has 1 amide bonds. The van der Waals surface area contributed by atoms with E-state index < -0.39 is 11.8 Å². The smallest absolute Gasteiger partial charge is 0.328 e. The van der Waals surface area contributed by atoms with E-state index in [4.69, 9.17) is 5.11 Å². The van der Waals surface area contributed by atoms with Crippen molar-refractivity contribution < 1.29 is 19.1 Å². The lowest BCUT2D eigenvalue weighted by Gasteiger charge is -2.08. The average molecular weight is 293 g/mol. The lowest BCUT2D eigenvalue weighted by Crippen LogP contribution is -2.23. The van der Waals surface area contributed by atoms with Crippen molar-refractivity contribution in [3.05, 3.63) is 41.2 Å². The number of aliphatic carboxylic acids is 1. The lowest BCUT2D eigenvalue weighted by atomic mass is 10.1. The van der Waals surface area contributed by atoms with Crippen LogP contribution >= 0.6 is 0 Å². The first-order valence-electron chi connectivity index (χ1n) is 6.84. The molecule has 21 heavy (non-hydrogen) atoms. The second-order valence-corrected chi connectivity index (χ2v) is 5.23. The molecule has 0 saturated carbocycles. The van der Waals surface area contributed by atoms with Gasteiger partial charge in [-0.1, -0.05) is 19.9 Å². The van der Waals surface area contributed by atoms with Gasteiger partial charge in [0.25, 0.3) is 0 Å². The fourth-order valence-corrected chi connectivity index (χ4v) is 1.70. The molecular weight excluding hydrogens is 273 g/mol. The third-order valence-corrected chi connectivity index (χ3v) is 2.91. The fraction of sp³-hybridized carbons (Fsp3) is 0.375. The van der Waals surface area contributed by atoms with Gasteiger partial charge in [-0.3, -0.25) is 4.79 Å². The maximum absolute atomic E-state index is 13.6. The van der Waals surface area contributed by atoms with Crippen LogP contribution in [0.2, 0.25) is 0 Å². The van der Waals surface area contributed by atoms with Gasteiger partial charge in [-0.15, -0.1) is 0 Å². The highest BCUT2D eigenvalue weighted by Gasteiger charge is 2.07. The molecule has 0 aromatic heterocycles. The molecule has 0 aliphatic carbocycles. The van der Waals surface area contributed by atoms with E-state index in [9.17, 15) is 14.0 Å². The second-order valence-electron chi connectivity index (χ2n) is 5.23. The van der Waals surface area contributed by atoms with Gasteiger partial charge in [0.15, 0.2) is 0 Å². The summed E-state index contributed by atoms with van der Waals surface area (Å²) in [7, 11) is 0. The number of carbonyl (C=O) groups is 2. The van der Waals surface area contributed by atoms with Crippen molar-refractivity contribution in [1.29, 1.82) is 0 Å². The highest BCUT2D eigenvalue weighted by molar-refractivity contribution is 5.85. The zero-order chi connectivity index (χ0) is 15.8. The van der Waals surface area contributed by atoms with Crippen LogP contribution in [0.15, 0.2) is 24.3 Å². The Balaban J connectivity index is 2.63. The molecular formula is C16H20FNO3. The molecule has 0 unspecified atom stereocenters. The van der Waals surface area contributed by atoms with Gasteiger partial charge in [-0.25, -0.2) is 9.18 Å². The molecule has 114 valence electrons. The van der Waals surface area contributed by atoms with Gasteiger partial charge >= 0.3 is 5.97 Å². The van der Waals surface area contributed by atoms with Crippen molar-refractivity contribution in [2.45, 2.75) is 33.2 Å². The minimum atomic E-state index is -1.07. The summed E-state index contributed by atoms with van der Waals surface area (Å²) in [6.45, 7) is 4.16. The normalized spacial score (nSPS) is 11.0. The van der Waals surface area contributed by atoms with Crippen LogP contribution in [0.4, 0.5) is 4.39 Å². The number of nitrogens with one attached hydrogen (secondary N) is 1. The average Bonchev–Trinajstić information content (AvgIpc) is 2.42. The Hall–Kier alpha value is -2.17. The molecule has 1 aromatic carbocycles. The number of rotatable bonds is 7. The van der Waals surface area contributed by atoms with Gasteiger partial charge in [0.05, 0.1) is 0 Å². The number of hydrogen-bond donors (Lipinski definition) is 2. The van der Waals surface area contributed by atoms with Crippen molar-refractivity contribution >= 4 is 18.0 Å². The molecule has 0 aliphatic heterocycles. The fourth-order valence-electron chi connectivity index (χ4n) is 1.70. The van der Waals surface area contributed by atoms with Crippen molar-refractivity contribution in [2.75, 3.05) is 0 Å². The van der Waals surface area contributed by atoms with E-state index >= 15 is 0 Å². The van der Waals surface area contributed by atoms with Crippen molar-refractivity contribution in [3.8, 4) is 0 Å². The zero-order valence-electron chi connectivity index (χ0n) is 12.2. The molecule has 0 atom stereocenters. The number of carboxylic acid groups (broad SMARTS) is 1. The molecule has 0 fully saturated rings. The van der Waals surface area contributed by atoms with Gasteiger partial charge in [0.2, 0.25) is 5.91 Å². The van der Waals surface area contributed by atoms with E-state index in [-0.39, 0.29) is 12.5 Å². The van der Waals surface area contributed by atoms with Gasteiger partial charge < -0.3 is 10.4 Å². The predicted molar refractivity (Wildman–Crippen MR) is 79.0 cm³/mol. The molecule has 0 radical (unpaired) electrons. The molecule has 2 N–H and O–H groups in total. The first kappa shape index (κ1) is 16.9. The van der Waals surface area contributed by atoms with Crippen molar-refractivity contribution in [1.82, 2.24) is 5.32 Å². The van der Waals surface area contributed by atoms with Gasteiger partial charge in [-0.2, -0.15) is 0 Å². The van der Waals surface area contributed by atoms with E-state index in [1.807, 2.05) is 13.8 Å². The minimum Gasteiger partial charge on any atom is -0.478 e. The molecule has 0 bridgehead atoms. The molecule has 0 saturated heterocycles. The lowest BCUT2D eigenvalue weighted by molar-refractivity contribution is -0.131. The summed E-state index contributed by atoms with van der Waals surface area (Å²) in [6.07, 6.45) is 3.57. The molecule has 5 heteroatoms. The highest BCUT2D eigenvalue weighted by Crippen LogP contribution is 2.12. The molecule has 4 nitrogen and oxygen atoms in total. The van der Waals surface area contributed by atoms with Crippen LogP contribution in [0.1, 0.15) is 37.8 Å². The van der Waals surface area contributed by atoms with E-state index in [1.165, 1.54) is 24.3 Å². The maximum Gasteiger partial charge on any atom is 0.328 e. The summed E-state index contributed by atoms with van der Waals surface area (Å²) in [5, 5.41) is 11.2. The number of amides is 1. The highest BCUT2D eigenvalue weighted by atomic mass is 19.1. The molecule has 0 heterocycles. The zero-order valence-corrected chi connectivity index (χ0v) is 12.2. The minimum absolute atomic E-state index is 0.0948. The standard InChI is InChI=1S/C16H20FNO3/c1-11(2)3-7-15(19)18-10-13-9-12(4-6-14(13)17)5-8-16(20)21/h4-6,8-9,11H,3,7,10H2,1-2H3,(H,18,19)(H,20,21). The largest absolute Gasteiger partial charge is 0.478 e. The Bertz CT molecular complexity index is 538. The summed E-state index contributed by atoms with van der Waals surface area (Å²) in [4.78, 5) is 22.1. The first-order chi connectivity index (χ1) is 9.88. The third kappa shape index (κ3) is 6.70. The second kappa shape index (κ2) is 8.19. The van der Waals surface area contributed by atoms with E-state index in [2.05, 4.69) is 5.32 Å². The number of carbonyl (C=O) groups excluding carboxylic acids is 1. The Morgan fingerprint density at radius 1 is 1.38 bits per heavy atom. The molecule has 1 rings (SSSR count). The Morgan fingerprint density at radius 3 is 2.71 bits per heavy atom. The Kier molecular flexibility index (Phi) is 6.59. The third-order valence-electron chi connectivity index (χ3n) is 2.91. The van der Waals surface area contributed by atoms with Crippen LogP contribution < -0.4 is 5.32 Å². The van der Waals surface area contributed by atoms with Crippen molar-refractivity contribution in [3.63, 3.8) is 0 Å². The SMILES string of the molecule is CC(C)CCC(=O)NCc1cc(C=CC(=O)O)ccc1F. The van der Waals surface area contributed by atoms with Crippen LogP contribution in [0.5, 0.6) is 0 Å². The summed E-state index contributed by atoms with van der Waals surface area (Å²) >= 11 is 0. The first-order valence-corrected chi connectivity index (χ1v) is 6.84. The van der Waals surface area contributed by atoms with Crippen LogP contribution in [-0.4, -0.2) is 17.0 Å². The van der Waals surface area contributed by atoms with E-state index in [1.54, 1.807) is 0 Å². The predicted octanol–water partition coefficient (Wildman–Crippen LogP) is 2.98. The van der Waals surface area contributed by atoms with Crippen LogP contribution in [0.25, 0.3) is 6.08 Å². The molecule has 1 aromatic rings. The number of halogens is 1. The molecule has 0 aliphatic rings. The summed E-state index contributed by atoms with van der Waals surface area (Å²) in [5.41, 5.74) is 0.908. The Labute approximate surface area is 123 Å². The summed E-state index contributed by atoms with van der Waals surface area (Å²) in [6, 6.07) is 4.27. The summed E-state index contributed by atoms with van der Waals surface area (Å²) < 4.78 is 13.6. The van der Waals surface area contributed by atoms with Crippen LogP contribution in [0.3, 0.4) is 0 Å². The van der Waals surface area contributed by atoms with Crippen molar-refractivity contribution in [2.24, 2.45) is 5.92 Å². The monoisotopic (exact) mass is 293 g/mol. The quantitative estimate of drug-likeness (QED) is 0.759. The van der Waals surface area contributed by atoms with Gasteiger partial charge in [0, 0.05) is 24.6 Å². The van der Waals surface area contributed by atoms with Gasteiger partial charge in [-0.05, 0) is 36.1 Å². The van der Waals surface area contributed by atoms with Crippen LogP contribution in [-0.2, 0) is 16.1 Å². The number of benzene rings is 1. The van der Waals surface area contributed by atoms with Crippen LogP contribution in [0, 0.1) is 11.7 Å². The van der Waals surface area contributed by atoms with E-state index in [0.29, 0.717) is 23.5 Å².